The Labute approximate surface area is 104 Å². The fourth-order valence-corrected chi connectivity index (χ4v) is 1.80. The van der Waals surface area contributed by atoms with Crippen LogP contribution in [0, 0.1) is 0 Å². The maximum atomic E-state index is 11.5. The molecule has 3 N–H and O–H groups in total. The minimum Gasteiger partial charge on any atom is -0.378 e. The summed E-state index contributed by atoms with van der Waals surface area (Å²) < 4.78 is 5.38. The molecule has 0 atom stereocenters. The Bertz CT molecular complexity index is 240. The number of likely N-dealkylation sites (N-methyl/N-ethyl adjacent to an activating group) is 1. The molecule has 100 valence electrons. The summed E-state index contributed by atoms with van der Waals surface area (Å²) in [6.45, 7) is 2.74. The lowest BCUT2D eigenvalue weighted by Crippen LogP contribution is -2.50. The molecule has 0 aromatic heterocycles. The quantitative estimate of drug-likeness (QED) is 0.587. The summed E-state index contributed by atoms with van der Waals surface area (Å²) >= 11 is 0. The Morgan fingerprint density at radius 3 is 2.65 bits per heavy atom. The van der Waals surface area contributed by atoms with Gasteiger partial charge < -0.3 is 20.7 Å². The summed E-state index contributed by atoms with van der Waals surface area (Å²) in [6.07, 6.45) is 3.54. The molecule has 1 fully saturated rings. The molecule has 1 rings (SSSR count). The van der Waals surface area contributed by atoms with Gasteiger partial charge in [-0.05, 0) is 33.4 Å². The van der Waals surface area contributed by atoms with Crippen LogP contribution in [0.3, 0.4) is 0 Å². The van der Waals surface area contributed by atoms with Gasteiger partial charge in [0.2, 0.25) is 5.91 Å². The largest absolute Gasteiger partial charge is 0.378 e. The van der Waals surface area contributed by atoms with Crippen molar-refractivity contribution >= 4 is 5.91 Å². The summed E-state index contributed by atoms with van der Waals surface area (Å²) in [5.41, 5.74) is 5.77. The zero-order chi connectivity index (χ0) is 12.7. The fourth-order valence-electron chi connectivity index (χ4n) is 1.80. The van der Waals surface area contributed by atoms with Crippen molar-refractivity contribution in [3.05, 3.63) is 0 Å². The molecule has 0 heterocycles. The van der Waals surface area contributed by atoms with E-state index in [4.69, 9.17) is 10.5 Å². The first-order valence-electron chi connectivity index (χ1n) is 6.30. The number of nitrogens with zero attached hydrogens (tertiary/aromatic N) is 1. The number of rotatable bonds is 8. The van der Waals surface area contributed by atoms with Crippen LogP contribution in [0.15, 0.2) is 0 Å². The molecule has 0 saturated heterocycles. The third-order valence-corrected chi connectivity index (χ3v) is 3.11. The number of hydrogen-bond donors (Lipinski definition) is 2. The molecule has 1 aliphatic rings. The van der Waals surface area contributed by atoms with Gasteiger partial charge in [0.1, 0.15) is 0 Å². The lowest BCUT2D eigenvalue weighted by molar-refractivity contribution is -0.123. The normalized spacial score (nSPS) is 17.9. The molecule has 1 amide bonds. The molecule has 0 bridgehead atoms. The molecule has 5 heteroatoms. The van der Waals surface area contributed by atoms with E-state index in [2.05, 4.69) is 10.2 Å². The predicted octanol–water partition coefficient (Wildman–Crippen LogP) is -0.0477. The van der Waals surface area contributed by atoms with Gasteiger partial charge in [-0.25, -0.2) is 0 Å². The highest BCUT2D eigenvalue weighted by Crippen LogP contribution is 2.31. The monoisotopic (exact) mass is 243 g/mol. The van der Waals surface area contributed by atoms with Crippen LogP contribution in [0.1, 0.15) is 25.7 Å². The maximum Gasteiger partial charge on any atom is 0.221 e. The van der Waals surface area contributed by atoms with Crippen molar-refractivity contribution < 1.29 is 9.53 Å². The molecule has 0 aromatic rings. The number of hydrogen-bond acceptors (Lipinski definition) is 4. The summed E-state index contributed by atoms with van der Waals surface area (Å²) in [7, 11) is 4.01. The second-order valence-electron chi connectivity index (χ2n) is 5.16. The SMILES string of the molecule is CN(C)CCOCCNC(=O)CC1(N)CCC1. The smallest absolute Gasteiger partial charge is 0.221 e. The van der Waals surface area contributed by atoms with E-state index in [9.17, 15) is 4.79 Å². The van der Waals surface area contributed by atoms with E-state index in [1.54, 1.807) is 0 Å². The van der Waals surface area contributed by atoms with Crippen molar-refractivity contribution in [1.29, 1.82) is 0 Å². The van der Waals surface area contributed by atoms with Crippen molar-refractivity contribution in [3.8, 4) is 0 Å². The Morgan fingerprint density at radius 2 is 2.12 bits per heavy atom. The van der Waals surface area contributed by atoms with Crippen LogP contribution in [-0.2, 0) is 9.53 Å². The van der Waals surface area contributed by atoms with E-state index < -0.39 is 0 Å². The first-order valence-corrected chi connectivity index (χ1v) is 6.30. The van der Waals surface area contributed by atoms with Crippen LogP contribution in [0.4, 0.5) is 0 Å². The first-order chi connectivity index (χ1) is 8.02. The van der Waals surface area contributed by atoms with E-state index in [1.807, 2.05) is 14.1 Å². The highest BCUT2D eigenvalue weighted by molar-refractivity contribution is 5.77. The zero-order valence-corrected chi connectivity index (χ0v) is 11.0. The van der Waals surface area contributed by atoms with Gasteiger partial charge >= 0.3 is 0 Å². The molecule has 1 aliphatic carbocycles. The van der Waals surface area contributed by atoms with E-state index in [1.165, 1.54) is 0 Å². The van der Waals surface area contributed by atoms with E-state index in [0.29, 0.717) is 26.2 Å². The Hall–Kier alpha value is -0.650. The van der Waals surface area contributed by atoms with E-state index >= 15 is 0 Å². The highest BCUT2D eigenvalue weighted by atomic mass is 16.5. The van der Waals surface area contributed by atoms with Gasteiger partial charge in [-0.1, -0.05) is 0 Å². The van der Waals surface area contributed by atoms with E-state index in [0.717, 1.165) is 25.8 Å². The van der Waals surface area contributed by atoms with Gasteiger partial charge in [0.25, 0.3) is 0 Å². The summed E-state index contributed by atoms with van der Waals surface area (Å²) in [5.74, 6) is 0.0448. The maximum absolute atomic E-state index is 11.5. The van der Waals surface area contributed by atoms with Gasteiger partial charge in [0, 0.05) is 25.0 Å². The lowest BCUT2D eigenvalue weighted by atomic mass is 9.75. The Morgan fingerprint density at radius 1 is 1.41 bits per heavy atom. The van der Waals surface area contributed by atoms with Crippen LogP contribution in [0.2, 0.25) is 0 Å². The van der Waals surface area contributed by atoms with Crippen LogP contribution in [0.25, 0.3) is 0 Å². The van der Waals surface area contributed by atoms with Crippen molar-refractivity contribution in [2.24, 2.45) is 5.73 Å². The van der Waals surface area contributed by atoms with Gasteiger partial charge in [-0.2, -0.15) is 0 Å². The number of carbonyl (C=O) groups is 1. The number of amides is 1. The standard InChI is InChI=1S/C12H25N3O2/c1-15(2)7-9-17-8-6-14-11(16)10-12(13)4-3-5-12/h3-10,13H2,1-2H3,(H,14,16). The molecule has 5 nitrogen and oxygen atoms in total. The van der Waals surface area contributed by atoms with Gasteiger partial charge in [0.15, 0.2) is 0 Å². The Kier molecular flexibility index (Phi) is 5.88. The second kappa shape index (κ2) is 6.93. The molecule has 0 spiro atoms. The third kappa shape index (κ3) is 6.00. The van der Waals surface area contributed by atoms with Crippen LogP contribution < -0.4 is 11.1 Å². The summed E-state index contributed by atoms with van der Waals surface area (Å²) in [5, 5.41) is 2.84. The average molecular weight is 243 g/mol. The lowest BCUT2D eigenvalue weighted by Gasteiger charge is -2.37. The second-order valence-corrected chi connectivity index (χ2v) is 5.16. The molecular formula is C12H25N3O2. The molecule has 1 saturated carbocycles. The van der Waals surface area contributed by atoms with Crippen molar-refractivity contribution in [1.82, 2.24) is 10.2 Å². The first kappa shape index (κ1) is 14.4. The number of carbonyl (C=O) groups excluding carboxylic acids is 1. The third-order valence-electron chi connectivity index (χ3n) is 3.11. The average Bonchev–Trinajstić information content (AvgIpc) is 2.20. The number of ether oxygens (including phenoxy) is 1. The topological polar surface area (TPSA) is 67.6 Å². The van der Waals surface area contributed by atoms with Crippen molar-refractivity contribution in [2.75, 3.05) is 40.4 Å². The van der Waals surface area contributed by atoms with Crippen LogP contribution in [-0.4, -0.2) is 56.7 Å². The van der Waals surface area contributed by atoms with Crippen molar-refractivity contribution in [3.63, 3.8) is 0 Å². The van der Waals surface area contributed by atoms with E-state index in [-0.39, 0.29) is 11.4 Å². The van der Waals surface area contributed by atoms with Gasteiger partial charge in [-0.15, -0.1) is 0 Å². The fraction of sp³-hybridized carbons (Fsp3) is 0.917. The zero-order valence-electron chi connectivity index (χ0n) is 11.0. The van der Waals surface area contributed by atoms with Gasteiger partial charge in [-0.3, -0.25) is 4.79 Å². The van der Waals surface area contributed by atoms with Crippen LogP contribution >= 0.6 is 0 Å². The molecular weight excluding hydrogens is 218 g/mol. The summed E-state index contributed by atoms with van der Waals surface area (Å²) in [4.78, 5) is 13.6. The number of nitrogens with one attached hydrogen (secondary N) is 1. The number of nitrogens with two attached hydrogens (primary N) is 1. The highest BCUT2D eigenvalue weighted by Gasteiger charge is 2.34. The Balaban J connectivity index is 1.93. The predicted molar refractivity (Wildman–Crippen MR) is 67.8 cm³/mol. The van der Waals surface area contributed by atoms with Crippen LogP contribution in [0.5, 0.6) is 0 Å². The molecule has 0 unspecified atom stereocenters. The molecule has 0 aromatic carbocycles. The van der Waals surface area contributed by atoms with Crippen molar-refractivity contribution in [2.45, 2.75) is 31.2 Å². The molecule has 0 radical (unpaired) electrons. The molecule has 17 heavy (non-hydrogen) atoms. The minimum absolute atomic E-state index is 0.0448. The summed E-state index contributed by atoms with van der Waals surface area (Å²) in [6, 6.07) is 0. The van der Waals surface area contributed by atoms with Gasteiger partial charge in [0.05, 0.1) is 13.2 Å². The molecule has 0 aliphatic heterocycles. The minimum atomic E-state index is -0.226.